The molecule has 0 spiro atoms. The van der Waals surface area contributed by atoms with Crippen molar-refractivity contribution in [3.05, 3.63) is 58.6 Å². The van der Waals surface area contributed by atoms with Gasteiger partial charge in [-0.15, -0.1) is 0 Å². The van der Waals surface area contributed by atoms with Crippen LogP contribution in [0.3, 0.4) is 0 Å². The second-order valence-electron chi connectivity index (χ2n) is 7.72. The average molecular weight is 404 g/mol. The molecule has 0 saturated heterocycles. The number of rotatable bonds is 4. The lowest BCUT2D eigenvalue weighted by atomic mass is 10.0. The molecule has 30 heavy (non-hydrogen) atoms. The molecule has 3 heterocycles. The molecule has 2 aromatic heterocycles. The van der Waals surface area contributed by atoms with Gasteiger partial charge in [-0.05, 0) is 43.7 Å². The van der Waals surface area contributed by atoms with Gasteiger partial charge in [0.05, 0.1) is 30.3 Å². The molecule has 1 N–H and O–H groups in total. The van der Waals surface area contributed by atoms with Crippen molar-refractivity contribution in [2.75, 3.05) is 26.0 Å². The highest BCUT2D eigenvalue weighted by molar-refractivity contribution is 6.10. The molecule has 1 aliphatic rings. The van der Waals surface area contributed by atoms with E-state index in [2.05, 4.69) is 25.9 Å². The largest absolute Gasteiger partial charge is 0.500 e. The molecule has 0 fully saturated rings. The van der Waals surface area contributed by atoms with Crippen LogP contribution in [0.2, 0.25) is 0 Å². The van der Waals surface area contributed by atoms with Crippen molar-refractivity contribution in [2.45, 2.75) is 20.3 Å². The molecular weight excluding hydrogens is 378 g/mol. The Morgan fingerprint density at radius 3 is 2.77 bits per heavy atom. The number of nitrogens with zero attached hydrogens (tertiary/aromatic N) is 4. The smallest absolute Gasteiger partial charge is 0.258 e. The highest BCUT2D eigenvalue weighted by Crippen LogP contribution is 2.24. The number of ether oxygens (including phenoxy) is 1. The maximum Gasteiger partial charge on any atom is 0.258 e. The van der Waals surface area contributed by atoms with Gasteiger partial charge in [0.15, 0.2) is 6.21 Å². The predicted octanol–water partition coefficient (Wildman–Crippen LogP) is 3.31. The number of aromatic nitrogens is 3. The third-order valence-electron chi connectivity index (χ3n) is 5.34. The van der Waals surface area contributed by atoms with E-state index in [0.717, 1.165) is 52.3 Å². The first-order chi connectivity index (χ1) is 14.4. The Bertz CT molecular complexity index is 1220. The van der Waals surface area contributed by atoms with Crippen LogP contribution in [-0.4, -0.2) is 51.9 Å². The van der Waals surface area contributed by atoms with Gasteiger partial charge in [0.2, 0.25) is 5.95 Å². The quantitative estimate of drug-likeness (QED) is 0.677. The van der Waals surface area contributed by atoms with Crippen molar-refractivity contribution < 1.29 is 14.1 Å². The van der Waals surface area contributed by atoms with Crippen LogP contribution in [0.4, 0.5) is 5.95 Å². The molecule has 1 aliphatic heterocycles. The predicted molar refractivity (Wildman–Crippen MR) is 118 cm³/mol. The fourth-order valence-electron chi connectivity index (χ4n) is 3.71. The number of imidazole rings is 1. The monoisotopic (exact) mass is 404 g/mol. The normalized spacial score (nSPS) is 14.1. The highest BCUT2D eigenvalue weighted by atomic mass is 16.5. The summed E-state index contributed by atoms with van der Waals surface area (Å²) in [5.74, 6) is 1.17. The lowest BCUT2D eigenvalue weighted by molar-refractivity contribution is -0.492. The van der Waals surface area contributed by atoms with Crippen LogP contribution >= 0.6 is 0 Å². The van der Waals surface area contributed by atoms with E-state index in [9.17, 15) is 4.79 Å². The van der Waals surface area contributed by atoms with Crippen molar-refractivity contribution in [3.8, 4) is 0 Å². The molecule has 7 heteroatoms. The number of amides is 1. The maximum atomic E-state index is 13.1. The maximum absolute atomic E-state index is 13.1. The van der Waals surface area contributed by atoms with E-state index in [1.54, 1.807) is 19.2 Å². The Morgan fingerprint density at radius 1 is 1.20 bits per heavy atom. The summed E-state index contributed by atoms with van der Waals surface area (Å²) in [5, 5.41) is 2.94. The number of methoxy groups -OCH3 is 1. The number of nitrogens with one attached hydrogen (secondary N) is 1. The van der Waals surface area contributed by atoms with E-state index >= 15 is 0 Å². The van der Waals surface area contributed by atoms with Crippen molar-refractivity contribution in [2.24, 2.45) is 7.05 Å². The molecule has 0 unspecified atom stereocenters. The van der Waals surface area contributed by atoms with Gasteiger partial charge < -0.3 is 9.30 Å². The zero-order valence-corrected chi connectivity index (χ0v) is 18.0. The summed E-state index contributed by atoms with van der Waals surface area (Å²) >= 11 is 0. The first kappa shape index (κ1) is 19.8. The summed E-state index contributed by atoms with van der Waals surface area (Å²) in [4.78, 5) is 22.3. The number of carbonyl (C=O) groups is 1. The fourth-order valence-corrected chi connectivity index (χ4v) is 3.71. The van der Waals surface area contributed by atoms with E-state index in [1.807, 2.05) is 50.9 Å². The highest BCUT2D eigenvalue weighted by Gasteiger charge is 2.22. The summed E-state index contributed by atoms with van der Waals surface area (Å²) in [6.07, 6.45) is 2.81. The van der Waals surface area contributed by atoms with Gasteiger partial charge in [0.25, 0.3) is 5.91 Å². The van der Waals surface area contributed by atoms with Gasteiger partial charge in [0.1, 0.15) is 24.9 Å². The Kier molecular flexibility index (Phi) is 5.11. The second-order valence-corrected chi connectivity index (χ2v) is 7.72. The number of aryl methyl sites for hydroxylation is 3. The third kappa shape index (κ3) is 3.70. The molecule has 7 nitrogen and oxygen atoms in total. The number of fused-ring (bicyclic) bond motifs is 1. The van der Waals surface area contributed by atoms with Gasteiger partial charge in [0, 0.05) is 18.3 Å². The minimum absolute atomic E-state index is 0.222. The summed E-state index contributed by atoms with van der Waals surface area (Å²) in [5.41, 5.74) is 5.90. The molecule has 154 valence electrons. The van der Waals surface area contributed by atoms with Gasteiger partial charge in [-0.1, -0.05) is 6.07 Å². The second kappa shape index (κ2) is 7.74. The van der Waals surface area contributed by atoms with Gasteiger partial charge in [-0.3, -0.25) is 15.1 Å². The number of benzene rings is 1. The molecule has 0 radical (unpaired) electrons. The van der Waals surface area contributed by atoms with Crippen LogP contribution in [0, 0.1) is 13.8 Å². The fraction of sp³-hybridized carbons (Fsp3) is 0.304. The van der Waals surface area contributed by atoms with Gasteiger partial charge in [-0.25, -0.2) is 9.56 Å². The van der Waals surface area contributed by atoms with Crippen LogP contribution in [0.15, 0.2) is 36.1 Å². The number of allylic oxidation sites excluding steroid dienone is 1. The van der Waals surface area contributed by atoms with Crippen molar-refractivity contribution in [1.29, 1.82) is 0 Å². The Hall–Kier alpha value is -3.48. The minimum atomic E-state index is -0.222. The van der Waals surface area contributed by atoms with Crippen LogP contribution in [0.5, 0.6) is 0 Å². The van der Waals surface area contributed by atoms with E-state index < -0.39 is 0 Å². The van der Waals surface area contributed by atoms with Crippen molar-refractivity contribution >= 4 is 34.7 Å². The van der Waals surface area contributed by atoms with E-state index in [-0.39, 0.29) is 5.91 Å². The summed E-state index contributed by atoms with van der Waals surface area (Å²) in [7, 11) is 5.59. The molecule has 1 aromatic carbocycles. The summed E-state index contributed by atoms with van der Waals surface area (Å²) in [6, 6.07) is 9.62. The van der Waals surface area contributed by atoms with Crippen LogP contribution in [0.25, 0.3) is 16.6 Å². The Labute approximate surface area is 175 Å². The van der Waals surface area contributed by atoms with Crippen LogP contribution < -0.4 is 5.32 Å². The Balaban J connectivity index is 1.69. The molecule has 3 aromatic rings. The van der Waals surface area contributed by atoms with Gasteiger partial charge >= 0.3 is 0 Å². The number of pyridine rings is 1. The van der Waals surface area contributed by atoms with E-state index in [0.29, 0.717) is 11.5 Å². The number of hydrogen-bond acceptors (Lipinski definition) is 4. The number of carbonyl (C=O) groups excluding carboxylic acids is 1. The van der Waals surface area contributed by atoms with E-state index in [1.165, 1.54) is 0 Å². The SMILES string of the molecule is COC1=C(c2cc(C(=O)Nc3nc4ccc(C)cc4n3C)cc(C)n2)C=[N+](C)CC1. The summed E-state index contributed by atoms with van der Waals surface area (Å²) in [6.45, 7) is 4.81. The molecule has 0 aliphatic carbocycles. The van der Waals surface area contributed by atoms with Crippen molar-refractivity contribution in [3.63, 3.8) is 0 Å². The molecule has 4 rings (SSSR count). The third-order valence-corrected chi connectivity index (χ3v) is 5.34. The average Bonchev–Trinajstić information content (AvgIpc) is 3.02. The first-order valence-electron chi connectivity index (χ1n) is 9.91. The van der Waals surface area contributed by atoms with Gasteiger partial charge in [-0.2, -0.15) is 0 Å². The number of hydrogen-bond donors (Lipinski definition) is 1. The molecule has 0 saturated carbocycles. The van der Waals surface area contributed by atoms with Crippen molar-refractivity contribution in [1.82, 2.24) is 14.5 Å². The molecule has 0 atom stereocenters. The van der Waals surface area contributed by atoms with Crippen LogP contribution in [-0.2, 0) is 11.8 Å². The standard InChI is InChI=1S/C23H25N5O2/c1-14-6-7-18-20(10-14)28(4)23(25-18)26-22(29)16-11-15(2)24-19(12-16)17-13-27(3)9-8-21(17)30-5/h6-7,10-13H,8-9H2,1-5H3/p+1. The lowest BCUT2D eigenvalue weighted by Gasteiger charge is -2.15. The molecule has 0 bridgehead atoms. The van der Waals surface area contributed by atoms with E-state index in [4.69, 9.17) is 4.74 Å². The zero-order valence-electron chi connectivity index (χ0n) is 18.0. The van der Waals surface area contributed by atoms with Crippen LogP contribution in [0.1, 0.15) is 33.7 Å². The lowest BCUT2D eigenvalue weighted by Crippen LogP contribution is -2.19. The first-order valence-corrected chi connectivity index (χ1v) is 9.91. The zero-order chi connectivity index (χ0) is 21.4. The Morgan fingerprint density at radius 2 is 2.00 bits per heavy atom. The molecule has 1 amide bonds. The molecular formula is C23H26N5O2+. The topological polar surface area (TPSA) is 72.0 Å². The summed E-state index contributed by atoms with van der Waals surface area (Å²) < 4.78 is 9.56. The minimum Gasteiger partial charge on any atom is -0.500 e. The number of anilines is 1.